The van der Waals surface area contributed by atoms with Crippen molar-refractivity contribution in [1.82, 2.24) is 10.6 Å². The Kier molecular flexibility index (Phi) is 6.28. The zero-order valence-electron chi connectivity index (χ0n) is 10.7. The van der Waals surface area contributed by atoms with E-state index in [0.717, 1.165) is 38.3 Å². The third-order valence-electron chi connectivity index (χ3n) is 4.14. The highest BCUT2D eigenvalue weighted by Gasteiger charge is 2.23. The summed E-state index contributed by atoms with van der Waals surface area (Å²) in [5.41, 5.74) is 0. The summed E-state index contributed by atoms with van der Waals surface area (Å²) >= 11 is 0. The highest BCUT2D eigenvalue weighted by atomic mass is 35.5. The van der Waals surface area contributed by atoms with Gasteiger partial charge in [0.15, 0.2) is 0 Å². The normalized spacial score (nSPS) is 29.0. The number of rotatable bonds is 4. The smallest absolute Gasteiger partial charge is 0.220 e. The van der Waals surface area contributed by atoms with Gasteiger partial charge in [-0.1, -0.05) is 26.2 Å². The Morgan fingerprint density at radius 1 is 1.35 bits per heavy atom. The lowest BCUT2D eigenvalue weighted by molar-refractivity contribution is -0.122. The Balaban J connectivity index is 0.00000144. The van der Waals surface area contributed by atoms with Crippen LogP contribution in [0.15, 0.2) is 0 Å². The molecule has 1 saturated carbocycles. The van der Waals surface area contributed by atoms with Crippen molar-refractivity contribution in [1.29, 1.82) is 0 Å². The molecule has 2 unspecified atom stereocenters. The van der Waals surface area contributed by atoms with E-state index in [0.29, 0.717) is 12.0 Å². The van der Waals surface area contributed by atoms with Gasteiger partial charge in [0.25, 0.3) is 0 Å². The molecule has 1 aliphatic carbocycles. The van der Waals surface area contributed by atoms with Crippen molar-refractivity contribution in [3.05, 3.63) is 0 Å². The molecule has 0 radical (unpaired) electrons. The molecule has 1 heterocycles. The number of amides is 1. The second-order valence-corrected chi connectivity index (χ2v) is 5.48. The van der Waals surface area contributed by atoms with E-state index in [1.807, 2.05) is 0 Å². The van der Waals surface area contributed by atoms with Gasteiger partial charge in [0.1, 0.15) is 0 Å². The number of carbonyl (C=O) groups is 1. The average molecular weight is 261 g/mol. The summed E-state index contributed by atoms with van der Waals surface area (Å²) in [7, 11) is 0. The van der Waals surface area contributed by atoms with Crippen molar-refractivity contribution in [2.75, 3.05) is 13.1 Å². The van der Waals surface area contributed by atoms with Gasteiger partial charge in [0.2, 0.25) is 5.91 Å². The Bertz CT molecular complexity index is 244. The van der Waals surface area contributed by atoms with Crippen LogP contribution in [0.2, 0.25) is 0 Å². The summed E-state index contributed by atoms with van der Waals surface area (Å²) in [6, 6.07) is 0.398. The maximum absolute atomic E-state index is 11.8. The SMILES string of the molecule is CC1CNCCC1NC(=O)CCC1CCC1.Cl. The first-order chi connectivity index (χ1) is 7.75. The highest BCUT2D eigenvalue weighted by molar-refractivity contribution is 5.85. The molecule has 0 bridgehead atoms. The standard InChI is InChI=1S/C13H24N2O.ClH/c1-10-9-14-8-7-12(10)15-13(16)6-5-11-3-2-4-11;/h10-12,14H,2-9H2,1H3,(H,15,16);1H. The monoisotopic (exact) mass is 260 g/mol. The molecule has 2 rings (SSSR count). The van der Waals surface area contributed by atoms with Gasteiger partial charge in [-0.2, -0.15) is 0 Å². The quantitative estimate of drug-likeness (QED) is 0.813. The Labute approximate surface area is 111 Å². The van der Waals surface area contributed by atoms with Crippen molar-refractivity contribution in [3.8, 4) is 0 Å². The molecule has 100 valence electrons. The van der Waals surface area contributed by atoms with Crippen molar-refractivity contribution in [2.45, 2.75) is 51.5 Å². The molecular formula is C13H25ClN2O. The van der Waals surface area contributed by atoms with Crippen LogP contribution < -0.4 is 10.6 Å². The van der Waals surface area contributed by atoms with E-state index >= 15 is 0 Å². The fraction of sp³-hybridized carbons (Fsp3) is 0.923. The lowest BCUT2D eigenvalue weighted by atomic mass is 9.82. The molecule has 1 saturated heterocycles. The molecule has 1 aliphatic heterocycles. The van der Waals surface area contributed by atoms with E-state index in [2.05, 4.69) is 17.6 Å². The summed E-state index contributed by atoms with van der Waals surface area (Å²) in [4.78, 5) is 11.8. The third-order valence-corrected chi connectivity index (χ3v) is 4.14. The van der Waals surface area contributed by atoms with Gasteiger partial charge in [0.05, 0.1) is 0 Å². The molecular weight excluding hydrogens is 236 g/mol. The predicted molar refractivity (Wildman–Crippen MR) is 72.4 cm³/mol. The van der Waals surface area contributed by atoms with Gasteiger partial charge in [-0.25, -0.2) is 0 Å². The van der Waals surface area contributed by atoms with E-state index < -0.39 is 0 Å². The van der Waals surface area contributed by atoms with E-state index in [-0.39, 0.29) is 18.3 Å². The minimum absolute atomic E-state index is 0. The highest BCUT2D eigenvalue weighted by Crippen LogP contribution is 2.30. The van der Waals surface area contributed by atoms with Crippen LogP contribution in [0.3, 0.4) is 0 Å². The van der Waals surface area contributed by atoms with Crippen LogP contribution in [-0.4, -0.2) is 25.0 Å². The van der Waals surface area contributed by atoms with Gasteiger partial charge in [-0.05, 0) is 37.8 Å². The van der Waals surface area contributed by atoms with E-state index in [1.165, 1.54) is 19.3 Å². The lowest BCUT2D eigenvalue weighted by Crippen LogP contribution is -2.48. The van der Waals surface area contributed by atoms with Gasteiger partial charge >= 0.3 is 0 Å². The van der Waals surface area contributed by atoms with Crippen molar-refractivity contribution < 1.29 is 4.79 Å². The van der Waals surface area contributed by atoms with Crippen molar-refractivity contribution in [2.24, 2.45) is 11.8 Å². The number of hydrogen-bond acceptors (Lipinski definition) is 2. The summed E-state index contributed by atoms with van der Waals surface area (Å²) < 4.78 is 0. The number of halogens is 1. The Hall–Kier alpha value is -0.280. The number of piperidine rings is 1. The number of hydrogen-bond donors (Lipinski definition) is 2. The van der Waals surface area contributed by atoms with Crippen LogP contribution in [-0.2, 0) is 4.79 Å². The second kappa shape index (κ2) is 7.22. The van der Waals surface area contributed by atoms with E-state index in [1.54, 1.807) is 0 Å². The third kappa shape index (κ3) is 4.47. The van der Waals surface area contributed by atoms with Crippen molar-refractivity contribution >= 4 is 18.3 Å². The minimum Gasteiger partial charge on any atom is -0.353 e. The first-order valence-corrected chi connectivity index (χ1v) is 6.76. The first kappa shape index (κ1) is 14.8. The van der Waals surface area contributed by atoms with Gasteiger partial charge < -0.3 is 10.6 Å². The van der Waals surface area contributed by atoms with Crippen LogP contribution >= 0.6 is 12.4 Å². The largest absolute Gasteiger partial charge is 0.353 e. The van der Waals surface area contributed by atoms with Crippen LogP contribution in [0.25, 0.3) is 0 Å². The molecule has 2 aliphatic rings. The van der Waals surface area contributed by atoms with Crippen molar-refractivity contribution in [3.63, 3.8) is 0 Å². The molecule has 2 atom stereocenters. The Morgan fingerprint density at radius 3 is 2.71 bits per heavy atom. The Morgan fingerprint density at radius 2 is 2.12 bits per heavy atom. The minimum atomic E-state index is 0. The molecule has 2 fully saturated rings. The summed E-state index contributed by atoms with van der Waals surface area (Å²) in [6.45, 7) is 4.29. The topological polar surface area (TPSA) is 41.1 Å². The van der Waals surface area contributed by atoms with Crippen LogP contribution in [0, 0.1) is 11.8 Å². The van der Waals surface area contributed by atoms with E-state index in [9.17, 15) is 4.79 Å². The zero-order chi connectivity index (χ0) is 11.4. The first-order valence-electron chi connectivity index (χ1n) is 6.76. The van der Waals surface area contributed by atoms with Crippen LogP contribution in [0.4, 0.5) is 0 Å². The zero-order valence-corrected chi connectivity index (χ0v) is 11.5. The maximum Gasteiger partial charge on any atom is 0.220 e. The summed E-state index contributed by atoms with van der Waals surface area (Å²) in [6.07, 6.45) is 6.98. The fourth-order valence-electron chi connectivity index (χ4n) is 2.62. The maximum atomic E-state index is 11.8. The van der Waals surface area contributed by atoms with Gasteiger partial charge in [-0.3, -0.25) is 4.79 Å². The van der Waals surface area contributed by atoms with Gasteiger partial charge in [-0.15, -0.1) is 12.4 Å². The molecule has 3 nitrogen and oxygen atoms in total. The van der Waals surface area contributed by atoms with E-state index in [4.69, 9.17) is 0 Å². The molecule has 0 aromatic carbocycles. The van der Waals surface area contributed by atoms with Crippen LogP contribution in [0.1, 0.15) is 45.4 Å². The molecule has 0 spiro atoms. The molecule has 2 N–H and O–H groups in total. The molecule has 0 aromatic heterocycles. The molecule has 1 amide bonds. The number of carbonyl (C=O) groups excluding carboxylic acids is 1. The lowest BCUT2D eigenvalue weighted by Gasteiger charge is -2.31. The average Bonchev–Trinajstić information content (AvgIpc) is 2.19. The molecule has 17 heavy (non-hydrogen) atoms. The molecule has 4 heteroatoms. The summed E-state index contributed by atoms with van der Waals surface area (Å²) in [5, 5.41) is 6.55. The second-order valence-electron chi connectivity index (χ2n) is 5.48. The fourth-order valence-corrected chi connectivity index (χ4v) is 2.62. The summed E-state index contributed by atoms with van der Waals surface area (Å²) in [5.74, 6) is 1.68. The molecule has 0 aromatic rings. The predicted octanol–water partition coefficient (Wildman–Crippen LogP) is 2.10. The number of nitrogens with one attached hydrogen (secondary N) is 2. The van der Waals surface area contributed by atoms with Gasteiger partial charge in [0, 0.05) is 12.5 Å². The van der Waals surface area contributed by atoms with Crippen LogP contribution in [0.5, 0.6) is 0 Å².